The minimum absolute atomic E-state index is 0.295. The van der Waals surface area contributed by atoms with E-state index in [2.05, 4.69) is 10.2 Å². The van der Waals surface area contributed by atoms with E-state index in [1.807, 2.05) is 6.07 Å². The molecule has 0 aliphatic carbocycles. The van der Waals surface area contributed by atoms with E-state index in [-0.39, 0.29) is 5.82 Å². The van der Waals surface area contributed by atoms with Gasteiger partial charge in [0, 0.05) is 25.7 Å². The van der Waals surface area contributed by atoms with E-state index < -0.39 is 0 Å². The van der Waals surface area contributed by atoms with Gasteiger partial charge >= 0.3 is 0 Å². The van der Waals surface area contributed by atoms with E-state index in [1.54, 1.807) is 0 Å². The highest BCUT2D eigenvalue weighted by Gasteiger charge is 2.30. The molecule has 0 amide bonds. The van der Waals surface area contributed by atoms with Crippen molar-refractivity contribution >= 4 is 17.3 Å². The van der Waals surface area contributed by atoms with Gasteiger partial charge in [-0.1, -0.05) is 17.7 Å². The van der Waals surface area contributed by atoms with Gasteiger partial charge in [-0.2, -0.15) is 0 Å². The summed E-state index contributed by atoms with van der Waals surface area (Å²) in [5.74, 6) is -0.306. The molecule has 16 heavy (non-hydrogen) atoms. The summed E-state index contributed by atoms with van der Waals surface area (Å²) in [6, 6.07) is 3.82. The van der Waals surface area contributed by atoms with Crippen molar-refractivity contribution in [2.45, 2.75) is 18.9 Å². The molecule has 1 unspecified atom stereocenters. The van der Waals surface area contributed by atoms with Crippen LogP contribution in [0.5, 0.6) is 0 Å². The second kappa shape index (κ2) is 3.90. The zero-order valence-corrected chi connectivity index (χ0v) is 9.73. The van der Waals surface area contributed by atoms with Crippen LogP contribution in [0.4, 0.5) is 10.1 Å². The Kier molecular flexibility index (Phi) is 2.52. The van der Waals surface area contributed by atoms with Gasteiger partial charge in [-0.05, 0) is 24.5 Å². The van der Waals surface area contributed by atoms with Gasteiger partial charge in [0.2, 0.25) is 0 Å². The molecule has 2 aliphatic heterocycles. The fourth-order valence-electron chi connectivity index (χ4n) is 2.73. The monoisotopic (exact) mass is 240 g/mol. The number of piperazine rings is 1. The Labute approximate surface area is 99.4 Å². The summed E-state index contributed by atoms with van der Waals surface area (Å²) >= 11 is 6.09. The number of hydrogen-bond donors (Lipinski definition) is 1. The number of nitrogens with one attached hydrogen (secondary N) is 1. The predicted molar refractivity (Wildman–Crippen MR) is 63.7 cm³/mol. The van der Waals surface area contributed by atoms with E-state index in [0.29, 0.717) is 11.1 Å². The van der Waals surface area contributed by atoms with Gasteiger partial charge in [0.05, 0.1) is 10.7 Å². The van der Waals surface area contributed by atoms with E-state index in [9.17, 15) is 4.39 Å². The van der Waals surface area contributed by atoms with Crippen molar-refractivity contribution in [3.05, 3.63) is 28.5 Å². The van der Waals surface area contributed by atoms with Gasteiger partial charge < -0.3 is 10.2 Å². The van der Waals surface area contributed by atoms with Gasteiger partial charge in [-0.3, -0.25) is 0 Å². The quantitative estimate of drug-likeness (QED) is 0.748. The molecule has 1 aromatic rings. The lowest BCUT2D eigenvalue weighted by molar-refractivity contribution is 0.439. The second-order valence-corrected chi connectivity index (χ2v) is 4.84. The fourth-order valence-corrected chi connectivity index (χ4v) is 3.02. The van der Waals surface area contributed by atoms with Gasteiger partial charge in [0.15, 0.2) is 0 Å². The largest absolute Gasteiger partial charge is 0.364 e. The second-order valence-electron chi connectivity index (χ2n) is 4.46. The summed E-state index contributed by atoms with van der Waals surface area (Å²) in [5, 5.41) is 3.67. The number of hydrogen-bond acceptors (Lipinski definition) is 2. The zero-order chi connectivity index (χ0) is 11.1. The van der Waals surface area contributed by atoms with Crippen molar-refractivity contribution in [1.29, 1.82) is 0 Å². The summed E-state index contributed by atoms with van der Waals surface area (Å²) in [6.45, 7) is 2.84. The van der Waals surface area contributed by atoms with Crippen LogP contribution in [0.15, 0.2) is 12.1 Å². The molecule has 0 bridgehead atoms. The maximum absolute atomic E-state index is 13.5. The third kappa shape index (κ3) is 1.50. The molecule has 86 valence electrons. The molecule has 2 aliphatic rings. The van der Waals surface area contributed by atoms with Crippen molar-refractivity contribution in [2.24, 2.45) is 0 Å². The topological polar surface area (TPSA) is 15.3 Å². The van der Waals surface area contributed by atoms with Crippen LogP contribution in [0, 0.1) is 5.82 Å². The summed E-state index contributed by atoms with van der Waals surface area (Å²) < 4.78 is 13.5. The van der Waals surface area contributed by atoms with Crippen LogP contribution in [-0.2, 0) is 6.42 Å². The molecule has 0 aromatic heterocycles. The summed E-state index contributed by atoms with van der Waals surface area (Å²) in [5.41, 5.74) is 2.11. The van der Waals surface area contributed by atoms with Crippen molar-refractivity contribution in [2.75, 3.05) is 24.5 Å². The lowest BCUT2D eigenvalue weighted by atomic mass is 9.94. The van der Waals surface area contributed by atoms with Crippen LogP contribution in [0.2, 0.25) is 5.02 Å². The molecule has 1 saturated heterocycles. The van der Waals surface area contributed by atoms with Crippen LogP contribution in [0.25, 0.3) is 0 Å². The lowest BCUT2D eigenvalue weighted by Crippen LogP contribution is -2.53. The standard InChI is InChI=1S/C12H14ClFN2/c13-11-10(14)4-2-8-1-3-9-7-15-5-6-16(9)12(8)11/h2,4,9,15H,1,3,5-7H2. The first-order valence-corrected chi connectivity index (χ1v) is 6.09. The Morgan fingerprint density at radius 2 is 2.31 bits per heavy atom. The first kappa shape index (κ1) is 10.4. The molecule has 0 radical (unpaired) electrons. The molecule has 1 atom stereocenters. The molecule has 1 fully saturated rings. The fraction of sp³-hybridized carbons (Fsp3) is 0.500. The van der Waals surface area contributed by atoms with Gasteiger partial charge in [-0.25, -0.2) is 4.39 Å². The highest BCUT2D eigenvalue weighted by molar-refractivity contribution is 6.33. The van der Waals surface area contributed by atoms with E-state index in [4.69, 9.17) is 11.6 Å². The van der Waals surface area contributed by atoms with Crippen LogP contribution < -0.4 is 10.2 Å². The van der Waals surface area contributed by atoms with Crippen LogP contribution in [0.1, 0.15) is 12.0 Å². The highest BCUT2D eigenvalue weighted by atomic mass is 35.5. The normalized spacial score (nSPS) is 23.9. The smallest absolute Gasteiger partial charge is 0.143 e. The van der Waals surface area contributed by atoms with Crippen LogP contribution in [0.3, 0.4) is 0 Å². The number of benzene rings is 1. The molecular formula is C12H14ClFN2. The third-order valence-electron chi connectivity index (χ3n) is 3.54. The number of rotatable bonds is 0. The van der Waals surface area contributed by atoms with Crippen LogP contribution in [-0.4, -0.2) is 25.7 Å². The molecule has 2 heterocycles. The Morgan fingerprint density at radius 3 is 3.19 bits per heavy atom. The zero-order valence-electron chi connectivity index (χ0n) is 8.97. The van der Waals surface area contributed by atoms with Crippen molar-refractivity contribution < 1.29 is 4.39 Å². The molecule has 2 nitrogen and oxygen atoms in total. The minimum Gasteiger partial charge on any atom is -0.364 e. The minimum atomic E-state index is -0.306. The Bertz CT molecular complexity index is 422. The highest BCUT2D eigenvalue weighted by Crippen LogP contribution is 2.38. The maximum atomic E-state index is 13.5. The van der Waals surface area contributed by atoms with Gasteiger partial charge in [0.1, 0.15) is 5.82 Å². The van der Waals surface area contributed by atoms with Crippen LogP contribution >= 0.6 is 11.6 Å². The average molecular weight is 241 g/mol. The SMILES string of the molecule is Fc1ccc2c(c1Cl)N1CCNCC1CC2. The van der Waals surface area contributed by atoms with E-state index >= 15 is 0 Å². The first-order valence-electron chi connectivity index (χ1n) is 5.71. The number of halogens is 2. The summed E-state index contributed by atoms with van der Waals surface area (Å²) in [6.07, 6.45) is 2.13. The summed E-state index contributed by atoms with van der Waals surface area (Å²) in [7, 11) is 0. The van der Waals surface area contributed by atoms with Crippen molar-refractivity contribution in [3.8, 4) is 0 Å². The third-order valence-corrected chi connectivity index (χ3v) is 3.90. The number of nitrogens with zero attached hydrogens (tertiary/aromatic N) is 1. The van der Waals surface area contributed by atoms with Crippen molar-refractivity contribution in [1.82, 2.24) is 5.32 Å². The molecule has 1 aromatic carbocycles. The molecule has 3 rings (SSSR count). The summed E-state index contributed by atoms with van der Waals surface area (Å²) in [4.78, 5) is 2.26. The van der Waals surface area contributed by atoms with Crippen molar-refractivity contribution in [3.63, 3.8) is 0 Å². The Balaban J connectivity index is 2.09. The first-order chi connectivity index (χ1) is 7.77. The Hall–Kier alpha value is -0.800. The lowest BCUT2D eigenvalue weighted by Gasteiger charge is -2.42. The van der Waals surface area contributed by atoms with Gasteiger partial charge in [0.25, 0.3) is 0 Å². The molecule has 4 heteroatoms. The number of aryl methyl sites for hydroxylation is 1. The van der Waals surface area contributed by atoms with E-state index in [0.717, 1.165) is 38.2 Å². The number of fused-ring (bicyclic) bond motifs is 3. The average Bonchev–Trinajstić information content (AvgIpc) is 2.33. The Morgan fingerprint density at radius 1 is 1.44 bits per heavy atom. The van der Waals surface area contributed by atoms with E-state index in [1.165, 1.54) is 11.6 Å². The molecule has 1 N–H and O–H groups in total. The molecule has 0 spiro atoms. The molecule has 0 saturated carbocycles. The predicted octanol–water partition coefficient (Wildman–Crippen LogP) is 2.20. The molecular weight excluding hydrogens is 227 g/mol. The maximum Gasteiger partial charge on any atom is 0.143 e. The van der Waals surface area contributed by atoms with Gasteiger partial charge in [-0.15, -0.1) is 0 Å². The number of anilines is 1.